The summed E-state index contributed by atoms with van der Waals surface area (Å²) in [5.41, 5.74) is 7.78. The Morgan fingerprint density at radius 2 is 2.09 bits per heavy atom. The van der Waals surface area contributed by atoms with Gasteiger partial charge in [-0.1, -0.05) is 25.1 Å². The summed E-state index contributed by atoms with van der Waals surface area (Å²) >= 11 is 0. The number of carbonyl (C=O) groups excluding carboxylic acids is 2. The molecule has 0 saturated heterocycles. The van der Waals surface area contributed by atoms with Crippen molar-refractivity contribution < 1.29 is 9.59 Å². The number of anilines is 1. The number of rotatable bonds is 5. The van der Waals surface area contributed by atoms with E-state index in [2.05, 4.69) is 5.32 Å². The lowest BCUT2D eigenvalue weighted by Crippen LogP contribution is -2.53. The van der Waals surface area contributed by atoms with E-state index in [-0.39, 0.29) is 11.8 Å². The first-order valence-electron chi connectivity index (χ1n) is 8.06. The number of benzene rings is 1. The van der Waals surface area contributed by atoms with Crippen LogP contribution in [0.2, 0.25) is 0 Å². The van der Waals surface area contributed by atoms with Gasteiger partial charge in [-0.2, -0.15) is 0 Å². The number of hydrogen-bond acceptors (Lipinski definition) is 3. The van der Waals surface area contributed by atoms with Crippen LogP contribution >= 0.6 is 0 Å². The monoisotopic (exact) mass is 301 g/mol. The Bertz CT molecular complexity index is 583. The highest BCUT2D eigenvalue weighted by Gasteiger charge is 2.39. The molecule has 1 aromatic rings. The van der Waals surface area contributed by atoms with Gasteiger partial charge in [0.25, 0.3) is 0 Å². The second-order valence-electron chi connectivity index (χ2n) is 6.26. The molecule has 1 saturated carbocycles. The summed E-state index contributed by atoms with van der Waals surface area (Å²) in [4.78, 5) is 26.8. The molecular formula is C17H23N3O2. The normalized spacial score (nSPS) is 21.4. The molecule has 3 rings (SSSR count). The van der Waals surface area contributed by atoms with Crippen LogP contribution in [0.4, 0.5) is 5.69 Å². The fraction of sp³-hybridized carbons (Fsp3) is 0.529. The molecule has 1 fully saturated rings. The zero-order valence-electron chi connectivity index (χ0n) is 12.9. The van der Waals surface area contributed by atoms with E-state index in [1.165, 1.54) is 12.8 Å². The van der Waals surface area contributed by atoms with E-state index in [0.29, 0.717) is 25.3 Å². The van der Waals surface area contributed by atoms with Gasteiger partial charge in [0.05, 0.1) is 6.04 Å². The molecule has 5 heteroatoms. The zero-order valence-corrected chi connectivity index (χ0v) is 12.9. The number of amides is 2. The number of nitrogens with two attached hydrogens (primary N) is 1. The van der Waals surface area contributed by atoms with Gasteiger partial charge in [-0.25, -0.2) is 0 Å². The predicted molar refractivity (Wildman–Crippen MR) is 85.4 cm³/mol. The predicted octanol–water partition coefficient (Wildman–Crippen LogP) is 1.21. The van der Waals surface area contributed by atoms with Crippen LogP contribution in [0, 0.1) is 5.92 Å². The van der Waals surface area contributed by atoms with Crippen LogP contribution in [0.3, 0.4) is 0 Å². The van der Waals surface area contributed by atoms with Crippen molar-refractivity contribution in [2.75, 3.05) is 11.4 Å². The van der Waals surface area contributed by atoms with Gasteiger partial charge in [-0.05, 0) is 36.8 Å². The van der Waals surface area contributed by atoms with Gasteiger partial charge >= 0.3 is 0 Å². The number of carbonyl (C=O) groups is 2. The summed E-state index contributed by atoms with van der Waals surface area (Å²) in [6, 6.07) is 6.66. The Morgan fingerprint density at radius 1 is 1.36 bits per heavy atom. The van der Waals surface area contributed by atoms with Crippen molar-refractivity contribution in [3.05, 3.63) is 29.8 Å². The fourth-order valence-corrected chi connectivity index (χ4v) is 2.91. The van der Waals surface area contributed by atoms with Gasteiger partial charge in [0.15, 0.2) is 0 Å². The molecule has 0 aromatic heterocycles. The molecule has 3 N–H and O–H groups in total. The fourth-order valence-electron chi connectivity index (χ4n) is 2.91. The lowest BCUT2D eigenvalue weighted by molar-refractivity contribution is -0.126. The van der Waals surface area contributed by atoms with Gasteiger partial charge in [0.1, 0.15) is 6.04 Å². The number of nitrogens with one attached hydrogen (secondary N) is 1. The molecule has 1 heterocycles. The standard InChI is InChI=1S/C17H23N3O2/c1-2-13(18)17(22)20-14-6-4-3-5-12(14)9-15(20)16(21)19-10-11-7-8-11/h3-6,11,13,15H,2,7-10,18H2,1H3,(H,19,21)/t13-,15-/m0/s1. The third-order valence-electron chi connectivity index (χ3n) is 4.54. The van der Waals surface area contributed by atoms with Crippen molar-refractivity contribution in [1.29, 1.82) is 0 Å². The zero-order chi connectivity index (χ0) is 15.7. The largest absolute Gasteiger partial charge is 0.354 e. The SMILES string of the molecule is CC[C@H](N)C(=O)N1c2ccccc2C[C@H]1C(=O)NCC1CC1. The second kappa shape index (κ2) is 6.08. The molecule has 118 valence electrons. The highest BCUT2D eigenvalue weighted by Crippen LogP contribution is 2.33. The molecule has 1 aliphatic heterocycles. The summed E-state index contributed by atoms with van der Waals surface area (Å²) in [6.07, 6.45) is 3.51. The first-order chi connectivity index (χ1) is 10.6. The van der Waals surface area contributed by atoms with E-state index in [0.717, 1.165) is 11.3 Å². The molecule has 0 spiro atoms. The average Bonchev–Trinajstić information content (AvgIpc) is 3.29. The van der Waals surface area contributed by atoms with Crippen molar-refractivity contribution in [2.24, 2.45) is 11.7 Å². The molecular weight excluding hydrogens is 278 g/mol. The average molecular weight is 301 g/mol. The summed E-state index contributed by atoms with van der Waals surface area (Å²) in [6.45, 7) is 2.60. The summed E-state index contributed by atoms with van der Waals surface area (Å²) in [5.74, 6) is 0.383. The minimum absolute atomic E-state index is 0.0697. The van der Waals surface area contributed by atoms with Gasteiger partial charge in [-0.3, -0.25) is 14.5 Å². The minimum Gasteiger partial charge on any atom is -0.354 e. The summed E-state index contributed by atoms with van der Waals surface area (Å²) in [5, 5.41) is 2.99. The van der Waals surface area contributed by atoms with Crippen LogP contribution in [-0.4, -0.2) is 30.4 Å². The molecule has 1 aromatic carbocycles. The lowest BCUT2D eigenvalue weighted by Gasteiger charge is -2.27. The lowest BCUT2D eigenvalue weighted by atomic mass is 10.1. The van der Waals surface area contributed by atoms with Gasteiger partial charge in [0.2, 0.25) is 11.8 Å². The van der Waals surface area contributed by atoms with E-state index in [4.69, 9.17) is 5.73 Å². The smallest absolute Gasteiger partial charge is 0.244 e. The maximum Gasteiger partial charge on any atom is 0.244 e. The number of hydrogen-bond donors (Lipinski definition) is 2. The van der Waals surface area contributed by atoms with Crippen LogP contribution in [0.5, 0.6) is 0 Å². The molecule has 2 atom stereocenters. The quantitative estimate of drug-likeness (QED) is 0.858. The highest BCUT2D eigenvalue weighted by atomic mass is 16.2. The molecule has 2 amide bonds. The first kappa shape index (κ1) is 15.0. The van der Waals surface area contributed by atoms with E-state index in [1.807, 2.05) is 31.2 Å². The van der Waals surface area contributed by atoms with Crippen LogP contribution in [0.25, 0.3) is 0 Å². The number of para-hydroxylation sites is 1. The Hall–Kier alpha value is -1.88. The van der Waals surface area contributed by atoms with Crippen molar-refractivity contribution in [1.82, 2.24) is 5.32 Å². The maximum atomic E-state index is 12.6. The maximum absolute atomic E-state index is 12.6. The van der Waals surface area contributed by atoms with Crippen molar-refractivity contribution in [2.45, 2.75) is 44.7 Å². The Balaban J connectivity index is 1.81. The number of nitrogens with zero attached hydrogens (tertiary/aromatic N) is 1. The van der Waals surface area contributed by atoms with Crippen LogP contribution < -0.4 is 16.0 Å². The van der Waals surface area contributed by atoms with Crippen molar-refractivity contribution in [3.63, 3.8) is 0 Å². The topological polar surface area (TPSA) is 75.4 Å². The molecule has 0 radical (unpaired) electrons. The Morgan fingerprint density at radius 3 is 2.77 bits per heavy atom. The third kappa shape index (κ3) is 2.86. The second-order valence-corrected chi connectivity index (χ2v) is 6.26. The van der Waals surface area contributed by atoms with Crippen molar-refractivity contribution in [3.8, 4) is 0 Å². The third-order valence-corrected chi connectivity index (χ3v) is 4.54. The van der Waals surface area contributed by atoms with Crippen molar-refractivity contribution >= 4 is 17.5 Å². The van der Waals surface area contributed by atoms with Crippen LogP contribution in [0.1, 0.15) is 31.7 Å². The van der Waals surface area contributed by atoms with E-state index in [1.54, 1.807) is 4.90 Å². The van der Waals surface area contributed by atoms with Gasteiger partial charge < -0.3 is 11.1 Å². The summed E-state index contributed by atoms with van der Waals surface area (Å²) < 4.78 is 0. The Kier molecular flexibility index (Phi) is 4.16. The van der Waals surface area contributed by atoms with Gasteiger partial charge in [-0.15, -0.1) is 0 Å². The molecule has 2 aliphatic rings. The molecule has 5 nitrogen and oxygen atoms in total. The molecule has 0 unspecified atom stereocenters. The minimum atomic E-state index is -0.565. The molecule has 1 aliphatic carbocycles. The first-order valence-corrected chi connectivity index (χ1v) is 8.06. The van der Waals surface area contributed by atoms with E-state index < -0.39 is 12.1 Å². The Labute approximate surface area is 130 Å². The molecule has 0 bridgehead atoms. The van der Waals surface area contributed by atoms with Crippen LogP contribution in [0.15, 0.2) is 24.3 Å². The number of fused-ring (bicyclic) bond motifs is 1. The molecule has 22 heavy (non-hydrogen) atoms. The van der Waals surface area contributed by atoms with Gasteiger partial charge in [0, 0.05) is 18.7 Å². The highest BCUT2D eigenvalue weighted by molar-refractivity contribution is 6.05. The van der Waals surface area contributed by atoms with E-state index >= 15 is 0 Å². The van der Waals surface area contributed by atoms with E-state index in [9.17, 15) is 9.59 Å². The summed E-state index contributed by atoms with van der Waals surface area (Å²) in [7, 11) is 0. The van der Waals surface area contributed by atoms with Crippen LogP contribution in [-0.2, 0) is 16.0 Å².